The van der Waals surface area contributed by atoms with Gasteiger partial charge in [0, 0.05) is 31.7 Å². The molecule has 0 radical (unpaired) electrons. The molecule has 2 amide bonds. The lowest BCUT2D eigenvalue weighted by Gasteiger charge is -2.34. The van der Waals surface area contributed by atoms with Gasteiger partial charge in [0.05, 0.1) is 5.92 Å². The van der Waals surface area contributed by atoms with Crippen LogP contribution >= 0.6 is 0 Å². The average molecular weight is 316 g/mol. The number of nitrogens with zero attached hydrogens (tertiary/aromatic N) is 2. The van der Waals surface area contributed by atoms with Crippen LogP contribution in [0.15, 0.2) is 18.2 Å². The lowest BCUT2D eigenvalue weighted by atomic mass is 9.82. The topological polar surface area (TPSA) is 49.9 Å². The van der Waals surface area contributed by atoms with Crippen molar-refractivity contribution in [3.05, 3.63) is 29.3 Å². The van der Waals surface area contributed by atoms with Crippen molar-refractivity contribution in [1.29, 1.82) is 0 Å². The first-order chi connectivity index (χ1) is 10.7. The van der Waals surface area contributed by atoms with Crippen LogP contribution in [0, 0.1) is 12.8 Å². The van der Waals surface area contributed by atoms with Crippen LogP contribution in [0.5, 0.6) is 0 Å². The molecule has 0 N–H and O–H groups in total. The number of carbonyl (C=O) groups is 2. The zero-order valence-corrected chi connectivity index (χ0v) is 14.4. The van der Waals surface area contributed by atoms with Gasteiger partial charge in [-0.3, -0.25) is 4.79 Å². The van der Waals surface area contributed by atoms with Gasteiger partial charge in [-0.2, -0.15) is 0 Å². The Morgan fingerprint density at radius 2 is 1.87 bits per heavy atom. The van der Waals surface area contributed by atoms with Crippen LogP contribution < -0.4 is 4.90 Å². The summed E-state index contributed by atoms with van der Waals surface area (Å²) in [6, 6.07) is 6.11. The smallest absolute Gasteiger partial charge is 0.410 e. The van der Waals surface area contributed by atoms with Gasteiger partial charge in [-0.1, -0.05) is 18.2 Å². The van der Waals surface area contributed by atoms with Gasteiger partial charge in [0.1, 0.15) is 5.60 Å². The molecule has 0 spiro atoms. The molecule has 1 fully saturated rings. The third-order valence-corrected chi connectivity index (χ3v) is 4.62. The summed E-state index contributed by atoms with van der Waals surface area (Å²) in [4.78, 5) is 28.5. The zero-order valence-electron chi connectivity index (χ0n) is 14.4. The van der Waals surface area contributed by atoms with Crippen LogP contribution in [0.3, 0.4) is 0 Å². The fourth-order valence-electron chi connectivity index (χ4n) is 3.64. The number of para-hydroxylation sites is 1. The average Bonchev–Trinajstić information content (AvgIpc) is 2.88. The van der Waals surface area contributed by atoms with Crippen LogP contribution in [0.1, 0.15) is 37.8 Å². The number of aryl methyl sites for hydroxylation is 1. The molecule has 0 saturated carbocycles. The second-order valence-electron chi connectivity index (χ2n) is 7.51. The minimum atomic E-state index is -0.528. The number of hydrogen-bond donors (Lipinski definition) is 0. The Balaban J connectivity index is 1.91. The molecule has 2 heterocycles. The molecule has 0 aromatic heterocycles. The Bertz CT molecular complexity index is 663. The fourth-order valence-corrected chi connectivity index (χ4v) is 3.64. The molecule has 124 valence electrons. The highest BCUT2D eigenvalue weighted by atomic mass is 16.6. The Morgan fingerprint density at radius 1 is 1.22 bits per heavy atom. The van der Waals surface area contributed by atoms with Crippen molar-refractivity contribution in [2.24, 2.45) is 5.92 Å². The van der Waals surface area contributed by atoms with E-state index in [0.717, 1.165) is 16.8 Å². The van der Waals surface area contributed by atoms with E-state index in [9.17, 15) is 9.59 Å². The van der Waals surface area contributed by atoms with Crippen LogP contribution in [0.25, 0.3) is 0 Å². The van der Waals surface area contributed by atoms with Crippen molar-refractivity contribution >= 4 is 17.7 Å². The molecule has 0 aliphatic carbocycles. The number of fused-ring (bicyclic) bond motifs is 3. The van der Waals surface area contributed by atoms with Crippen LogP contribution in [0.2, 0.25) is 0 Å². The van der Waals surface area contributed by atoms with Gasteiger partial charge >= 0.3 is 6.09 Å². The molecule has 5 heteroatoms. The van der Waals surface area contributed by atoms with E-state index >= 15 is 0 Å². The fraction of sp³-hybridized carbons (Fsp3) is 0.556. The second-order valence-corrected chi connectivity index (χ2v) is 7.51. The largest absolute Gasteiger partial charge is 0.444 e. The number of benzene rings is 1. The summed E-state index contributed by atoms with van der Waals surface area (Å²) in [5, 5.41) is 0. The summed E-state index contributed by atoms with van der Waals surface area (Å²) >= 11 is 0. The molecule has 5 nitrogen and oxygen atoms in total. The lowest BCUT2D eigenvalue weighted by molar-refractivity contribution is -0.122. The maximum atomic E-state index is 12.7. The molecule has 2 aliphatic heterocycles. The quantitative estimate of drug-likeness (QED) is 0.739. The van der Waals surface area contributed by atoms with E-state index < -0.39 is 5.60 Å². The molecule has 0 unspecified atom stereocenters. The summed E-state index contributed by atoms with van der Waals surface area (Å²) in [6.07, 6.45) is -0.337. The SMILES string of the molecule is Cc1cccc2c1N(C)C(=O)[C@@H]1CN(C(=O)OC(C)(C)C)C[C@H]21. The van der Waals surface area contributed by atoms with Gasteiger partial charge in [-0.25, -0.2) is 4.79 Å². The zero-order chi connectivity index (χ0) is 16.9. The van der Waals surface area contributed by atoms with Gasteiger partial charge in [0.25, 0.3) is 0 Å². The molecule has 2 atom stereocenters. The summed E-state index contributed by atoms with van der Waals surface area (Å²) in [5.74, 6) is -0.0363. The van der Waals surface area contributed by atoms with Crippen molar-refractivity contribution in [3.8, 4) is 0 Å². The third-order valence-electron chi connectivity index (χ3n) is 4.62. The van der Waals surface area contributed by atoms with E-state index in [1.807, 2.05) is 46.9 Å². The predicted molar refractivity (Wildman–Crippen MR) is 88.6 cm³/mol. The van der Waals surface area contributed by atoms with Crippen molar-refractivity contribution < 1.29 is 14.3 Å². The Morgan fingerprint density at radius 3 is 2.52 bits per heavy atom. The molecular weight excluding hydrogens is 292 g/mol. The highest BCUT2D eigenvalue weighted by molar-refractivity contribution is 6.00. The predicted octanol–water partition coefficient (Wildman–Crippen LogP) is 2.92. The van der Waals surface area contributed by atoms with Crippen LogP contribution in [-0.2, 0) is 9.53 Å². The summed E-state index contributed by atoms with van der Waals surface area (Å²) < 4.78 is 5.46. The summed E-state index contributed by atoms with van der Waals surface area (Å²) in [7, 11) is 1.82. The van der Waals surface area contributed by atoms with E-state index in [1.165, 1.54) is 0 Å². The van der Waals surface area contributed by atoms with Crippen LogP contribution in [0.4, 0.5) is 10.5 Å². The molecule has 1 aromatic rings. The van der Waals surface area contributed by atoms with Crippen molar-refractivity contribution in [2.75, 3.05) is 25.0 Å². The molecule has 1 aromatic carbocycles. The molecule has 1 saturated heterocycles. The number of amides is 2. The lowest BCUT2D eigenvalue weighted by Crippen LogP contribution is -2.41. The number of ether oxygens (including phenoxy) is 1. The maximum absolute atomic E-state index is 12.7. The molecule has 3 rings (SSSR count). The first kappa shape index (κ1) is 15.8. The number of likely N-dealkylation sites (tertiary alicyclic amines) is 1. The highest BCUT2D eigenvalue weighted by Crippen LogP contribution is 2.44. The first-order valence-corrected chi connectivity index (χ1v) is 8.04. The minimum Gasteiger partial charge on any atom is -0.444 e. The van der Waals surface area contributed by atoms with Gasteiger partial charge in [-0.15, -0.1) is 0 Å². The number of rotatable bonds is 0. The Hall–Kier alpha value is -2.04. The van der Waals surface area contributed by atoms with Crippen molar-refractivity contribution in [3.63, 3.8) is 0 Å². The van der Waals surface area contributed by atoms with Crippen molar-refractivity contribution in [2.45, 2.75) is 39.2 Å². The van der Waals surface area contributed by atoms with Gasteiger partial charge in [0.15, 0.2) is 0 Å². The molecule has 2 aliphatic rings. The number of hydrogen-bond acceptors (Lipinski definition) is 3. The second kappa shape index (κ2) is 5.25. The molecular formula is C18H24N2O3. The van der Waals surface area contributed by atoms with E-state index in [1.54, 1.807) is 9.80 Å². The Kier molecular flexibility index (Phi) is 3.62. The molecule has 0 bridgehead atoms. The monoisotopic (exact) mass is 316 g/mol. The van der Waals surface area contributed by atoms with Crippen molar-refractivity contribution in [1.82, 2.24) is 4.90 Å². The van der Waals surface area contributed by atoms with E-state index in [0.29, 0.717) is 13.1 Å². The summed E-state index contributed by atoms with van der Waals surface area (Å²) in [6.45, 7) is 8.54. The van der Waals surface area contributed by atoms with Gasteiger partial charge < -0.3 is 14.5 Å². The van der Waals surface area contributed by atoms with Gasteiger partial charge in [0.2, 0.25) is 5.91 Å². The standard InChI is InChI=1S/C18H24N2O3/c1-11-7-6-8-12-13-9-20(17(22)23-18(2,3)4)10-14(13)16(21)19(5)15(11)12/h6-8,13-14H,9-10H2,1-5H3/t13-,14-/m1/s1. The Labute approximate surface area is 137 Å². The van der Waals surface area contributed by atoms with E-state index in [4.69, 9.17) is 4.74 Å². The number of carbonyl (C=O) groups excluding carboxylic acids is 2. The first-order valence-electron chi connectivity index (χ1n) is 8.04. The normalized spacial score (nSPS) is 23.6. The van der Waals surface area contributed by atoms with Gasteiger partial charge in [-0.05, 0) is 38.8 Å². The molecule has 23 heavy (non-hydrogen) atoms. The van der Waals surface area contributed by atoms with E-state index in [-0.39, 0.29) is 23.8 Å². The minimum absolute atomic E-state index is 0.0566. The maximum Gasteiger partial charge on any atom is 0.410 e. The highest BCUT2D eigenvalue weighted by Gasteiger charge is 2.47. The third kappa shape index (κ3) is 2.69. The number of anilines is 1. The summed E-state index contributed by atoms with van der Waals surface area (Å²) in [5.41, 5.74) is 2.71. The van der Waals surface area contributed by atoms with Crippen LogP contribution in [-0.4, -0.2) is 42.6 Å². The van der Waals surface area contributed by atoms with E-state index in [2.05, 4.69) is 6.07 Å².